The van der Waals surface area contributed by atoms with E-state index >= 15 is 0 Å². The molecule has 0 bridgehead atoms. The minimum absolute atomic E-state index is 0.0313. The summed E-state index contributed by atoms with van der Waals surface area (Å²) < 4.78 is 18.1. The maximum atomic E-state index is 13.0. The van der Waals surface area contributed by atoms with Crippen LogP contribution in [0.1, 0.15) is 40.9 Å². The minimum atomic E-state index is -0.767. The fourth-order valence-electron chi connectivity index (χ4n) is 2.23. The van der Waals surface area contributed by atoms with Crippen molar-refractivity contribution in [3.05, 3.63) is 23.2 Å². The van der Waals surface area contributed by atoms with Crippen molar-refractivity contribution in [2.75, 3.05) is 0 Å². The second kappa shape index (κ2) is 4.28. The summed E-state index contributed by atoms with van der Waals surface area (Å²) >= 11 is 0. The average molecular weight is 225 g/mol. The first kappa shape index (κ1) is 11.2. The largest absolute Gasteiger partial charge is 0.469 e. The first-order chi connectivity index (χ1) is 7.58. The molecule has 1 heterocycles. The highest BCUT2D eigenvalue weighted by molar-refractivity contribution is 5.96. The maximum Gasteiger partial charge on any atom is 0.255 e. The van der Waals surface area contributed by atoms with Crippen molar-refractivity contribution in [2.24, 2.45) is 0 Å². The SMILES string of the molecule is Cc1coc(C)c1C(=O)NC1CCC(F)C1. The number of hydrogen-bond acceptors (Lipinski definition) is 2. The second-order valence-corrected chi connectivity index (χ2v) is 4.43. The van der Waals surface area contributed by atoms with E-state index in [1.165, 1.54) is 0 Å². The molecule has 0 aromatic carbocycles. The number of rotatable bonds is 2. The zero-order chi connectivity index (χ0) is 11.7. The van der Waals surface area contributed by atoms with Crippen molar-refractivity contribution >= 4 is 5.91 Å². The number of aryl methyl sites for hydroxylation is 2. The molecule has 1 N–H and O–H groups in total. The third kappa shape index (κ3) is 2.10. The van der Waals surface area contributed by atoms with Crippen molar-refractivity contribution in [3.63, 3.8) is 0 Å². The Hall–Kier alpha value is -1.32. The summed E-state index contributed by atoms with van der Waals surface area (Å²) in [4.78, 5) is 11.9. The number of amides is 1. The summed E-state index contributed by atoms with van der Waals surface area (Å²) in [5, 5.41) is 2.85. The van der Waals surface area contributed by atoms with E-state index in [9.17, 15) is 9.18 Å². The summed E-state index contributed by atoms with van der Waals surface area (Å²) in [5.74, 6) is 0.465. The number of carbonyl (C=O) groups excluding carboxylic acids is 1. The van der Waals surface area contributed by atoms with Gasteiger partial charge in [0, 0.05) is 11.6 Å². The third-order valence-electron chi connectivity index (χ3n) is 3.09. The molecule has 1 aliphatic rings. The molecule has 1 fully saturated rings. The van der Waals surface area contributed by atoms with Crippen molar-refractivity contribution in [2.45, 2.75) is 45.3 Å². The van der Waals surface area contributed by atoms with E-state index in [0.717, 1.165) is 12.0 Å². The number of alkyl halides is 1. The molecule has 0 aliphatic heterocycles. The van der Waals surface area contributed by atoms with E-state index in [2.05, 4.69) is 5.32 Å². The molecule has 2 atom stereocenters. The highest BCUT2D eigenvalue weighted by Gasteiger charge is 2.27. The predicted molar refractivity (Wildman–Crippen MR) is 58.2 cm³/mol. The number of halogens is 1. The maximum absolute atomic E-state index is 13.0. The first-order valence-electron chi connectivity index (χ1n) is 5.57. The molecule has 16 heavy (non-hydrogen) atoms. The van der Waals surface area contributed by atoms with E-state index in [-0.39, 0.29) is 11.9 Å². The van der Waals surface area contributed by atoms with Gasteiger partial charge in [-0.2, -0.15) is 0 Å². The van der Waals surface area contributed by atoms with E-state index in [1.54, 1.807) is 13.2 Å². The van der Waals surface area contributed by atoms with Gasteiger partial charge in [0.25, 0.3) is 5.91 Å². The minimum Gasteiger partial charge on any atom is -0.469 e. The molecule has 1 aliphatic carbocycles. The fraction of sp³-hybridized carbons (Fsp3) is 0.583. The van der Waals surface area contributed by atoms with Gasteiger partial charge in [-0.15, -0.1) is 0 Å². The van der Waals surface area contributed by atoms with Crippen LogP contribution in [0.15, 0.2) is 10.7 Å². The highest BCUT2D eigenvalue weighted by atomic mass is 19.1. The number of nitrogens with one attached hydrogen (secondary N) is 1. The molecule has 2 rings (SSSR count). The molecule has 1 saturated carbocycles. The molecular weight excluding hydrogens is 209 g/mol. The molecule has 0 radical (unpaired) electrons. The number of furan rings is 1. The number of hydrogen-bond donors (Lipinski definition) is 1. The van der Waals surface area contributed by atoms with Crippen LogP contribution >= 0.6 is 0 Å². The smallest absolute Gasteiger partial charge is 0.255 e. The Morgan fingerprint density at radius 2 is 2.25 bits per heavy atom. The monoisotopic (exact) mass is 225 g/mol. The molecule has 0 saturated heterocycles. The highest BCUT2D eigenvalue weighted by Crippen LogP contribution is 2.23. The zero-order valence-electron chi connectivity index (χ0n) is 9.55. The van der Waals surface area contributed by atoms with E-state index in [4.69, 9.17) is 4.42 Å². The van der Waals surface area contributed by atoms with Gasteiger partial charge in [0.15, 0.2) is 0 Å². The lowest BCUT2D eigenvalue weighted by Gasteiger charge is -2.11. The molecular formula is C12H16FNO2. The predicted octanol–water partition coefficient (Wildman–Crippen LogP) is 2.52. The topological polar surface area (TPSA) is 42.2 Å². The van der Waals surface area contributed by atoms with Gasteiger partial charge in [-0.1, -0.05) is 0 Å². The van der Waals surface area contributed by atoms with Gasteiger partial charge in [-0.25, -0.2) is 4.39 Å². The first-order valence-corrected chi connectivity index (χ1v) is 5.57. The van der Waals surface area contributed by atoms with Crippen LogP contribution in [0.2, 0.25) is 0 Å². The van der Waals surface area contributed by atoms with Crippen molar-refractivity contribution in [1.29, 1.82) is 0 Å². The van der Waals surface area contributed by atoms with Gasteiger partial charge < -0.3 is 9.73 Å². The van der Waals surface area contributed by atoms with E-state index < -0.39 is 6.17 Å². The Labute approximate surface area is 94.0 Å². The molecule has 3 nitrogen and oxygen atoms in total. The standard InChI is InChI=1S/C12H16FNO2/c1-7-6-16-8(2)11(7)12(15)14-10-4-3-9(13)5-10/h6,9-10H,3-5H2,1-2H3,(H,14,15). The Balaban J connectivity index is 2.03. The van der Waals surface area contributed by atoms with Crippen LogP contribution in [0.3, 0.4) is 0 Å². The van der Waals surface area contributed by atoms with Crippen LogP contribution in [0.5, 0.6) is 0 Å². The van der Waals surface area contributed by atoms with Crippen LogP contribution in [-0.2, 0) is 0 Å². The normalized spacial score (nSPS) is 24.7. The Morgan fingerprint density at radius 3 is 2.75 bits per heavy atom. The molecule has 4 heteroatoms. The van der Waals surface area contributed by atoms with Crippen molar-refractivity contribution in [3.8, 4) is 0 Å². The average Bonchev–Trinajstić information content (AvgIpc) is 2.74. The third-order valence-corrected chi connectivity index (χ3v) is 3.09. The Morgan fingerprint density at radius 1 is 1.50 bits per heavy atom. The summed E-state index contributed by atoms with van der Waals surface area (Å²) in [6, 6.07) is -0.0313. The molecule has 1 amide bonds. The van der Waals surface area contributed by atoms with Crippen LogP contribution < -0.4 is 5.32 Å². The molecule has 1 aromatic rings. The summed E-state index contributed by atoms with van der Waals surface area (Å²) in [7, 11) is 0. The van der Waals surface area contributed by atoms with Crippen molar-refractivity contribution in [1.82, 2.24) is 5.32 Å². The van der Waals surface area contributed by atoms with Gasteiger partial charge in [0.2, 0.25) is 0 Å². The van der Waals surface area contributed by atoms with E-state index in [1.807, 2.05) is 6.92 Å². The molecule has 88 valence electrons. The van der Waals surface area contributed by atoms with Gasteiger partial charge in [-0.05, 0) is 33.1 Å². The molecule has 1 aromatic heterocycles. The Bertz CT molecular complexity index is 380. The van der Waals surface area contributed by atoms with Crippen LogP contribution in [0.4, 0.5) is 4.39 Å². The van der Waals surface area contributed by atoms with Crippen LogP contribution in [-0.4, -0.2) is 18.1 Å². The van der Waals surface area contributed by atoms with E-state index in [0.29, 0.717) is 24.2 Å². The number of carbonyl (C=O) groups is 1. The Kier molecular flexibility index (Phi) is 2.99. The quantitative estimate of drug-likeness (QED) is 0.840. The van der Waals surface area contributed by atoms with Gasteiger partial charge in [0.05, 0.1) is 11.8 Å². The van der Waals surface area contributed by atoms with Gasteiger partial charge >= 0.3 is 0 Å². The van der Waals surface area contributed by atoms with Crippen LogP contribution in [0.25, 0.3) is 0 Å². The van der Waals surface area contributed by atoms with Gasteiger partial charge in [-0.3, -0.25) is 4.79 Å². The zero-order valence-corrected chi connectivity index (χ0v) is 9.55. The molecule has 2 unspecified atom stereocenters. The summed E-state index contributed by atoms with van der Waals surface area (Å²) in [6.07, 6.45) is 2.51. The lowest BCUT2D eigenvalue weighted by molar-refractivity contribution is 0.0934. The lowest BCUT2D eigenvalue weighted by Crippen LogP contribution is -2.33. The fourth-order valence-corrected chi connectivity index (χ4v) is 2.23. The lowest BCUT2D eigenvalue weighted by atomic mass is 10.1. The van der Waals surface area contributed by atoms with Crippen molar-refractivity contribution < 1.29 is 13.6 Å². The van der Waals surface area contributed by atoms with Gasteiger partial charge in [0.1, 0.15) is 11.9 Å². The van der Waals surface area contributed by atoms with Crippen LogP contribution in [0, 0.1) is 13.8 Å². The summed E-state index contributed by atoms with van der Waals surface area (Å²) in [6.45, 7) is 3.59. The summed E-state index contributed by atoms with van der Waals surface area (Å²) in [5.41, 5.74) is 1.41. The second-order valence-electron chi connectivity index (χ2n) is 4.43. The molecule has 0 spiro atoms.